The lowest BCUT2D eigenvalue weighted by Gasteiger charge is -2.18. The summed E-state index contributed by atoms with van der Waals surface area (Å²) < 4.78 is 0. The van der Waals surface area contributed by atoms with Crippen LogP contribution in [0.1, 0.15) is 24.2 Å². The zero-order valence-corrected chi connectivity index (χ0v) is 13.7. The number of aliphatic carboxylic acids is 1. The van der Waals surface area contributed by atoms with E-state index >= 15 is 0 Å². The van der Waals surface area contributed by atoms with Crippen LogP contribution in [-0.4, -0.2) is 40.4 Å². The monoisotopic (exact) mass is 357 g/mol. The molecule has 0 bridgehead atoms. The number of hydrogen-bond acceptors (Lipinski definition) is 5. The Balaban J connectivity index is 2.79. The average molecular weight is 358 g/mol. The maximum atomic E-state index is 12.1. The maximum absolute atomic E-state index is 12.1. The summed E-state index contributed by atoms with van der Waals surface area (Å²) in [6.07, 6.45) is 0. The van der Waals surface area contributed by atoms with Crippen molar-refractivity contribution in [2.75, 3.05) is 6.54 Å². The van der Waals surface area contributed by atoms with Crippen LogP contribution in [0, 0.1) is 16.0 Å². The molecular formula is C14H16ClN3O6. The third kappa shape index (κ3) is 4.92. The molecule has 1 rings (SSSR count). The molecule has 0 aromatic heterocycles. The first-order valence-electron chi connectivity index (χ1n) is 6.88. The number of benzene rings is 1. The number of carboxylic acids is 1. The standard InChI is InChI=1S/C14H16ClN3O6/c1-7(2)12(14(21)22)17-10(19)6-16-13(20)11-8(15)4-3-5-9(11)18(23)24/h3-5,7,12H,6H2,1-2H3,(H,16,20)(H,17,19)(H,21,22)/t12-/m0/s1. The zero-order valence-electron chi connectivity index (χ0n) is 12.9. The van der Waals surface area contributed by atoms with Crippen molar-refractivity contribution < 1.29 is 24.4 Å². The number of nitrogens with zero attached hydrogens (tertiary/aromatic N) is 1. The fraction of sp³-hybridized carbons (Fsp3) is 0.357. The molecule has 1 aromatic carbocycles. The molecule has 130 valence electrons. The molecule has 2 amide bonds. The number of nitro benzene ring substituents is 1. The molecule has 1 aromatic rings. The lowest BCUT2D eigenvalue weighted by Crippen LogP contribution is -2.48. The summed E-state index contributed by atoms with van der Waals surface area (Å²) in [7, 11) is 0. The van der Waals surface area contributed by atoms with Crippen LogP contribution in [0.15, 0.2) is 18.2 Å². The summed E-state index contributed by atoms with van der Waals surface area (Å²) in [6, 6.07) is 2.64. The highest BCUT2D eigenvalue weighted by Crippen LogP contribution is 2.25. The molecule has 24 heavy (non-hydrogen) atoms. The molecule has 0 aliphatic rings. The Morgan fingerprint density at radius 2 is 1.96 bits per heavy atom. The molecule has 10 heteroatoms. The van der Waals surface area contributed by atoms with Crippen LogP contribution >= 0.6 is 11.6 Å². The quantitative estimate of drug-likeness (QED) is 0.495. The smallest absolute Gasteiger partial charge is 0.326 e. The van der Waals surface area contributed by atoms with Crippen LogP contribution in [0.3, 0.4) is 0 Å². The second-order valence-corrected chi connectivity index (χ2v) is 5.61. The van der Waals surface area contributed by atoms with E-state index < -0.39 is 41.0 Å². The maximum Gasteiger partial charge on any atom is 0.326 e. The van der Waals surface area contributed by atoms with Crippen molar-refractivity contribution in [3.8, 4) is 0 Å². The Labute approximate surface area is 142 Å². The fourth-order valence-corrected chi connectivity index (χ4v) is 2.13. The number of amides is 2. The highest BCUT2D eigenvalue weighted by molar-refractivity contribution is 6.34. The Hall–Kier alpha value is -2.68. The lowest BCUT2D eigenvalue weighted by atomic mass is 10.0. The summed E-state index contributed by atoms with van der Waals surface area (Å²) in [5.41, 5.74) is -0.860. The molecule has 0 saturated carbocycles. The van der Waals surface area contributed by atoms with Crippen molar-refractivity contribution in [2.24, 2.45) is 5.92 Å². The Morgan fingerprint density at radius 3 is 2.46 bits per heavy atom. The minimum atomic E-state index is -1.20. The number of halogens is 1. The van der Waals surface area contributed by atoms with Gasteiger partial charge in [-0.15, -0.1) is 0 Å². The zero-order chi connectivity index (χ0) is 18.4. The molecule has 0 aliphatic heterocycles. The van der Waals surface area contributed by atoms with Gasteiger partial charge in [0.2, 0.25) is 5.91 Å². The van der Waals surface area contributed by atoms with E-state index in [0.29, 0.717) is 0 Å². The van der Waals surface area contributed by atoms with E-state index in [9.17, 15) is 24.5 Å². The number of nitro groups is 1. The van der Waals surface area contributed by atoms with Crippen molar-refractivity contribution in [3.05, 3.63) is 38.9 Å². The van der Waals surface area contributed by atoms with E-state index in [1.54, 1.807) is 13.8 Å². The van der Waals surface area contributed by atoms with Gasteiger partial charge in [0.05, 0.1) is 16.5 Å². The van der Waals surface area contributed by atoms with E-state index in [1.165, 1.54) is 12.1 Å². The van der Waals surface area contributed by atoms with Crippen LogP contribution in [0.2, 0.25) is 5.02 Å². The third-order valence-corrected chi connectivity index (χ3v) is 3.39. The number of hydrogen-bond donors (Lipinski definition) is 3. The summed E-state index contributed by atoms with van der Waals surface area (Å²) >= 11 is 5.81. The SMILES string of the molecule is CC(C)[C@H](NC(=O)CNC(=O)c1c(Cl)cccc1[N+](=O)[O-])C(=O)O. The molecule has 0 heterocycles. The molecule has 0 spiro atoms. The second-order valence-electron chi connectivity index (χ2n) is 5.20. The third-order valence-electron chi connectivity index (χ3n) is 3.07. The van der Waals surface area contributed by atoms with Gasteiger partial charge in [0.15, 0.2) is 0 Å². The van der Waals surface area contributed by atoms with Crippen LogP contribution < -0.4 is 10.6 Å². The minimum absolute atomic E-state index is 0.132. The van der Waals surface area contributed by atoms with E-state index in [0.717, 1.165) is 6.07 Å². The summed E-state index contributed by atoms with van der Waals surface area (Å²) in [5.74, 6) is -3.20. The molecule has 1 atom stereocenters. The Bertz CT molecular complexity index is 676. The molecular weight excluding hydrogens is 342 g/mol. The van der Waals surface area contributed by atoms with Gasteiger partial charge in [0.25, 0.3) is 11.6 Å². The second kappa shape index (κ2) is 8.25. The van der Waals surface area contributed by atoms with Crippen molar-refractivity contribution in [1.82, 2.24) is 10.6 Å². The Kier molecular flexibility index (Phi) is 6.66. The van der Waals surface area contributed by atoms with Crippen LogP contribution in [0.25, 0.3) is 0 Å². The van der Waals surface area contributed by atoms with Gasteiger partial charge >= 0.3 is 5.97 Å². The number of carbonyl (C=O) groups excluding carboxylic acids is 2. The van der Waals surface area contributed by atoms with Gasteiger partial charge in [-0.05, 0) is 12.0 Å². The number of rotatable bonds is 7. The topological polar surface area (TPSA) is 139 Å². The van der Waals surface area contributed by atoms with Crippen LogP contribution in [0.5, 0.6) is 0 Å². The minimum Gasteiger partial charge on any atom is -0.480 e. The predicted octanol–water partition coefficient (Wildman–Crippen LogP) is 1.20. The Morgan fingerprint density at radius 1 is 1.33 bits per heavy atom. The lowest BCUT2D eigenvalue weighted by molar-refractivity contribution is -0.385. The first-order chi connectivity index (χ1) is 11.1. The highest BCUT2D eigenvalue weighted by Gasteiger charge is 2.26. The average Bonchev–Trinajstić information content (AvgIpc) is 2.49. The van der Waals surface area contributed by atoms with Gasteiger partial charge in [0.1, 0.15) is 11.6 Å². The first-order valence-corrected chi connectivity index (χ1v) is 7.26. The summed E-state index contributed by atoms with van der Waals surface area (Å²) in [5, 5.41) is 24.2. The normalized spacial score (nSPS) is 11.7. The molecule has 0 saturated heterocycles. The van der Waals surface area contributed by atoms with Gasteiger partial charge in [-0.25, -0.2) is 4.79 Å². The molecule has 0 unspecified atom stereocenters. The van der Waals surface area contributed by atoms with Gasteiger partial charge < -0.3 is 15.7 Å². The van der Waals surface area contributed by atoms with Crippen molar-refractivity contribution >= 4 is 35.1 Å². The van der Waals surface area contributed by atoms with Crippen molar-refractivity contribution in [3.63, 3.8) is 0 Å². The summed E-state index contributed by atoms with van der Waals surface area (Å²) in [4.78, 5) is 45.0. The van der Waals surface area contributed by atoms with Crippen molar-refractivity contribution in [2.45, 2.75) is 19.9 Å². The molecule has 9 nitrogen and oxygen atoms in total. The largest absolute Gasteiger partial charge is 0.480 e. The van der Waals surface area contributed by atoms with E-state index in [-0.39, 0.29) is 16.5 Å². The molecule has 0 aliphatic carbocycles. The predicted molar refractivity (Wildman–Crippen MR) is 84.8 cm³/mol. The number of carbonyl (C=O) groups is 3. The van der Waals surface area contributed by atoms with Gasteiger partial charge in [0, 0.05) is 6.07 Å². The van der Waals surface area contributed by atoms with E-state index in [2.05, 4.69) is 10.6 Å². The van der Waals surface area contributed by atoms with Crippen LogP contribution in [0.4, 0.5) is 5.69 Å². The summed E-state index contributed by atoms with van der Waals surface area (Å²) in [6.45, 7) is 2.69. The number of carboxylic acid groups (broad SMARTS) is 1. The van der Waals surface area contributed by atoms with Gasteiger partial charge in [-0.2, -0.15) is 0 Å². The van der Waals surface area contributed by atoms with Crippen LogP contribution in [-0.2, 0) is 9.59 Å². The molecule has 0 radical (unpaired) electrons. The molecule has 0 fully saturated rings. The van der Waals surface area contributed by atoms with Gasteiger partial charge in [-0.3, -0.25) is 19.7 Å². The fourth-order valence-electron chi connectivity index (χ4n) is 1.88. The van der Waals surface area contributed by atoms with E-state index in [4.69, 9.17) is 16.7 Å². The first kappa shape index (κ1) is 19.4. The van der Waals surface area contributed by atoms with E-state index in [1.807, 2.05) is 0 Å². The van der Waals surface area contributed by atoms with Gasteiger partial charge in [-0.1, -0.05) is 31.5 Å². The highest BCUT2D eigenvalue weighted by atomic mass is 35.5. The number of nitrogens with one attached hydrogen (secondary N) is 2. The van der Waals surface area contributed by atoms with Crippen molar-refractivity contribution in [1.29, 1.82) is 0 Å². The molecule has 3 N–H and O–H groups in total.